The lowest BCUT2D eigenvalue weighted by Gasteiger charge is -2.11. The molecule has 0 aromatic heterocycles. The van der Waals surface area contributed by atoms with Crippen LogP contribution in [0.5, 0.6) is 11.5 Å². The standard InChI is InChI=1S/C22H13BrO2/c23-16-6-5-13-8-15-9-18-14(10-19(15)22(25)20(13)11-16)7-12-3-1-2-4-17(12)21(18)24/h1-11,24-25H. The van der Waals surface area contributed by atoms with Gasteiger partial charge < -0.3 is 10.2 Å². The third-order valence-corrected chi connectivity index (χ3v) is 5.33. The van der Waals surface area contributed by atoms with Gasteiger partial charge in [0.2, 0.25) is 0 Å². The first-order valence-corrected chi connectivity index (χ1v) is 8.80. The average molecular weight is 389 g/mol. The Hall–Kier alpha value is -2.78. The number of benzene rings is 5. The van der Waals surface area contributed by atoms with Gasteiger partial charge in [0.25, 0.3) is 0 Å². The van der Waals surface area contributed by atoms with Crippen LogP contribution in [0.2, 0.25) is 0 Å². The molecule has 0 radical (unpaired) electrons. The van der Waals surface area contributed by atoms with Gasteiger partial charge in [-0.1, -0.05) is 46.3 Å². The molecular weight excluding hydrogens is 376 g/mol. The monoisotopic (exact) mass is 388 g/mol. The maximum Gasteiger partial charge on any atom is 0.131 e. The highest BCUT2D eigenvalue weighted by Crippen LogP contribution is 2.41. The Morgan fingerprint density at radius 3 is 1.80 bits per heavy atom. The highest BCUT2D eigenvalue weighted by atomic mass is 79.9. The molecule has 0 saturated carbocycles. The Morgan fingerprint density at radius 1 is 0.520 bits per heavy atom. The Labute approximate surface area is 152 Å². The van der Waals surface area contributed by atoms with E-state index in [1.807, 2.05) is 66.7 Å². The number of aromatic hydroxyl groups is 2. The van der Waals surface area contributed by atoms with Crippen molar-refractivity contribution in [3.63, 3.8) is 0 Å². The van der Waals surface area contributed by atoms with E-state index in [1.165, 1.54) is 0 Å². The summed E-state index contributed by atoms with van der Waals surface area (Å²) in [4.78, 5) is 0. The van der Waals surface area contributed by atoms with E-state index in [1.54, 1.807) is 0 Å². The minimum absolute atomic E-state index is 0.267. The van der Waals surface area contributed by atoms with Gasteiger partial charge >= 0.3 is 0 Å². The second kappa shape index (κ2) is 5.11. The maximum absolute atomic E-state index is 10.8. The fourth-order valence-corrected chi connectivity index (χ4v) is 3.97. The summed E-state index contributed by atoms with van der Waals surface area (Å²) in [6, 6.07) is 21.6. The molecule has 5 aromatic carbocycles. The van der Waals surface area contributed by atoms with Crippen molar-refractivity contribution in [2.45, 2.75) is 0 Å². The zero-order valence-electron chi connectivity index (χ0n) is 13.1. The molecule has 5 rings (SSSR count). The molecule has 25 heavy (non-hydrogen) atoms. The van der Waals surface area contributed by atoms with Crippen LogP contribution in [0.15, 0.2) is 71.2 Å². The number of phenolic OH excluding ortho intramolecular Hbond substituents is 2. The normalized spacial score (nSPS) is 11.7. The van der Waals surface area contributed by atoms with Gasteiger partial charge in [-0.15, -0.1) is 0 Å². The zero-order chi connectivity index (χ0) is 17.1. The molecule has 0 spiro atoms. The van der Waals surface area contributed by atoms with Crippen molar-refractivity contribution < 1.29 is 10.2 Å². The van der Waals surface area contributed by atoms with E-state index < -0.39 is 0 Å². The van der Waals surface area contributed by atoms with Crippen LogP contribution in [0, 0.1) is 0 Å². The first-order valence-electron chi connectivity index (χ1n) is 8.01. The van der Waals surface area contributed by atoms with Crippen LogP contribution < -0.4 is 0 Å². The van der Waals surface area contributed by atoms with E-state index >= 15 is 0 Å². The maximum atomic E-state index is 10.8. The predicted octanol–water partition coefficient (Wildman–Crippen LogP) is 6.47. The number of rotatable bonds is 0. The zero-order valence-corrected chi connectivity index (χ0v) is 14.7. The molecule has 0 saturated heterocycles. The molecule has 0 bridgehead atoms. The van der Waals surface area contributed by atoms with E-state index in [2.05, 4.69) is 15.9 Å². The van der Waals surface area contributed by atoms with Gasteiger partial charge in [-0.2, -0.15) is 0 Å². The minimum atomic E-state index is 0.267. The number of hydrogen-bond donors (Lipinski definition) is 2. The molecule has 0 unspecified atom stereocenters. The first-order chi connectivity index (χ1) is 12.1. The van der Waals surface area contributed by atoms with Crippen LogP contribution in [-0.2, 0) is 0 Å². The van der Waals surface area contributed by atoms with Crippen LogP contribution in [-0.4, -0.2) is 10.2 Å². The summed E-state index contributed by atoms with van der Waals surface area (Å²) in [5.41, 5.74) is 0. The van der Waals surface area contributed by atoms with Gasteiger partial charge in [0.15, 0.2) is 0 Å². The molecule has 0 aliphatic heterocycles. The summed E-state index contributed by atoms with van der Waals surface area (Å²) in [5.74, 6) is 0.550. The van der Waals surface area contributed by atoms with Crippen molar-refractivity contribution >= 4 is 59.0 Å². The molecule has 2 N–H and O–H groups in total. The first kappa shape index (κ1) is 14.6. The Kier molecular flexibility index (Phi) is 2.97. The van der Waals surface area contributed by atoms with Gasteiger partial charge in [0, 0.05) is 26.0 Å². The van der Waals surface area contributed by atoms with Crippen LogP contribution >= 0.6 is 15.9 Å². The van der Waals surface area contributed by atoms with Gasteiger partial charge in [-0.25, -0.2) is 0 Å². The van der Waals surface area contributed by atoms with Crippen LogP contribution in [0.25, 0.3) is 43.1 Å². The lowest BCUT2D eigenvalue weighted by molar-refractivity contribution is 0.486. The van der Waals surface area contributed by atoms with Crippen molar-refractivity contribution in [1.82, 2.24) is 0 Å². The Bertz CT molecular complexity index is 1320. The average Bonchev–Trinajstić information content (AvgIpc) is 2.62. The van der Waals surface area contributed by atoms with Crippen molar-refractivity contribution in [3.05, 3.63) is 71.2 Å². The van der Waals surface area contributed by atoms with Crippen molar-refractivity contribution in [2.75, 3.05) is 0 Å². The third kappa shape index (κ3) is 2.09. The summed E-state index contributed by atoms with van der Waals surface area (Å²) in [5, 5.41) is 28.5. The van der Waals surface area contributed by atoms with Gasteiger partial charge in [0.05, 0.1) is 0 Å². The van der Waals surface area contributed by atoms with E-state index in [9.17, 15) is 10.2 Å². The summed E-state index contributed by atoms with van der Waals surface area (Å²) >= 11 is 3.46. The molecule has 0 fully saturated rings. The topological polar surface area (TPSA) is 40.5 Å². The Morgan fingerprint density at radius 2 is 1.08 bits per heavy atom. The molecule has 0 aliphatic carbocycles. The lowest BCUT2D eigenvalue weighted by Crippen LogP contribution is -1.83. The number of halogens is 1. The molecule has 0 atom stereocenters. The molecule has 0 amide bonds. The van der Waals surface area contributed by atoms with Gasteiger partial charge in [-0.05, 0) is 57.9 Å². The summed E-state index contributed by atoms with van der Waals surface area (Å²) < 4.78 is 0.930. The third-order valence-electron chi connectivity index (χ3n) is 4.84. The minimum Gasteiger partial charge on any atom is -0.507 e. The summed E-state index contributed by atoms with van der Waals surface area (Å²) in [6.07, 6.45) is 0. The predicted molar refractivity (Wildman–Crippen MR) is 107 cm³/mol. The number of hydrogen-bond acceptors (Lipinski definition) is 2. The molecule has 2 nitrogen and oxygen atoms in total. The molecule has 5 aromatic rings. The molecular formula is C22H13BrO2. The number of fused-ring (bicyclic) bond motifs is 4. The van der Waals surface area contributed by atoms with Crippen LogP contribution in [0.3, 0.4) is 0 Å². The van der Waals surface area contributed by atoms with Gasteiger partial charge in [0.1, 0.15) is 11.5 Å². The lowest BCUT2D eigenvalue weighted by atomic mass is 9.96. The molecule has 120 valence electrons. The molecule has 0 heterocycles. The molecule has 3 heteroatoms. The van der Waals surface area contributed by atoms with E-state index in [0.717, 1.165) is 47.6 Å². The second-order valence-corrected chi connectivity index (χ2v) is 7.25. The smallest absolute Gasteiger partial charge is 0.131 e. The highest BCUT2D eigenvalue weighted by molar-refractivity contribution is 9.10. The van der Waals surface area contributed by atoms with Crippen molar-refractivity contribution in [1.29, 1.82) is 0 Å². The summed E-state index contributed by atoms with van der Waals surface area (Å²) in [7, 11) is 0. The summed E-state index contributed by atoms with van der Waals surface area (Å²) in [6.45, 7) is 0. The van der Waals surface area contributed by atoms with Gasteiger partial charge in [-0.3, -0.25) is 0 Å². The van der Waals surface area contributed by atoms with Crippen LogP contribution in [0.4, 0.5) is 0 Å². The van der Waals surface area contributed by atoms with Crippen molar-refractivity contribution in [3.8, 4) is 11.5 Å². The highest BCUT2D eigenvalue weighted by Gasteiger charge is 2.12. The van der Waals surface area contributed by atoms with Crippen molar-refractivity contribution in [2.24, 2.45) is 0 Å². The van der Waals surface area contributed by atoms with Crippen LogP contribution in [0.1, 0.15) is 0 Å². The fraction of sp³-hybridized carbons (Fsp3) is 0. The largest absolute Gasteiger partial charge is 0.507 e. The Balaban J connectivity index is 1.98. The van der Waals surface area contributed by atoms with E-state index in [4.69, 9.17) is 0 Å². The quantitative estimate of drug-likeness (QED) is 0.298. The fourth-order valence-electron chi connectivity index (χ4n) is 3.61. The second-order valence-electron chi connectivity index (χ2n) is 6.33. The molecule has 0 aliphatic rings. The SMILES string of the molecule is Oc1c2ccccc2cc2cc3c(O)c4cc(Br)ccc4cc3cc12. The van der Waals surface area contributed by atoms with E-state index in [0.29, 0.717) is 0 Å². The number of phenols is 2. The van der Waals surface area contributed by atoms with E-state index in [-0.39, 0.29) is 11.5 Å².